The molecule has 3 saturated heterocycles. The summed E-state index contributed by atoms with van der Waals surface area (Å²) in [7, 11) is 0. The molecule has 0 bridgehead atoms. The van der Waals surface area contributed by atoms with Gasteiger partial charge >= 0.3 is 0 Å². The molecule has 18 atom stereocenters. The van der Waals surface area contributed by atoms with Crippen LogP contribution in [-0.2, 0) is 28.4 Å². The van der Waals surface area contributed by atoms with Crippen molar-refractivity contribution in [2.24, 2.45) is 34.4 Å². The van der Waals surface area contributed by atoms with Gasteiger partial charge in [0.15, 0.2) is 18.9 Å². The van der Waals surface area contributed by atoms with Crippen LogP contribution >= 0.6 is 0 Å². The third-order valence-corrected chi connectivity index (χ3v) is 8.49. The van der Waals surface area contributed by atoms with Crippen molar-refractivity contribution in [1.29, 1.82) is 0 Å². The van der Waals surface area contributed by atoms with E-state index in [1.165, 1.54) is 0 Å². The van der Waals surface area contributed by atoms with Crippen molar-refractivity contribution >= 4 is 0 Å². The van der Waals surface area contributed by atoms with Crippen LogP contribution < -0.4 is 34.4 Å². The predicted molar refractivity (Wildman–Crippen MR) is 140 cm³/mol. The Morgan fingerprint density at radius 1 is 0.714 bits per heavy atom. The highest BCUT2D eigenvalue weighted by Crippen LogP contribution is 2.34. The number of rotatable bonds is 10. The molecule has 1 aliphatic carbocycles. The molecule has 0 aromatic heterocycles. The summed E-state index contributed by atoms with van der Waals surface area (Å²) < 4.78 is 48.3. The first-order valence-corrected chi connectivity index (χ1v) is 14.2. The quantitative estimate of drug-likeness (QED) is 0.109. The van der Waals surface area contributed by atoms with E-state index in [9.17, 15) is 29.9 Å². The van der Waals surface area contributed by atoms with E-state index in [1.807, 2.05) is 0 Å². The van der Waals surface area contributed by atoms with Crippen LogP contribution in [0.25, 0.3) is 0 Å². The molecule has 18 unspecified atom stereocenters. The summed E-state index contributed by atoms with van der Waals surface area (Å²) in [4.78, 5) is 0. The highest BCUT2D eigenvalue weighted by molar-refractivity contribution is 5.01. The van der Waals surface area contributed by atoms with Crippen LogP contribution in [-0.4, -0.2) is 155 Å². The molecule has 18 heteroatoms. The number of alkyl halides is 1. The predicted octanol–water partition coefficient (Wildman–Crippen LogP) is -6.50. The van der Waals surface area contributed by atoms with E-state index in [4.69, 9.17) is 62.8 Å². The van der Waals surface area contributed by atoms with Crippen LogP contribution in [0.3, 0.4) is 0 Å². The van der Waals surface area contributed by atoms with Gasteiger partial charge < -0.3 is 88.4 Å². The molecule has 17 N–H and O–H groups in total. The van der Waals surface area contributed by atoms with Crippen molar-refractivity contribution in [2.45, 2.75) is 129 Å². The van der Waals surface area contributed by atoms with Crippen molar-refractivity contribution in [2.75, 3.05) is 19.8 Å². The topological polar surface area (TPSA) is 313 Å². The average Bonchev–Trinajstić information content (AvgIpc) is 3.27. The zero-order valence-corrected chi connectivity index (χ0v) is 23.2. The molecular formula is C24H47FN6O11. The van der Waals surface area contributed by atoms with E-state index in [-0.39, 0.29) is 13.0 Å². The molecule has 0 radical (unpaired) electrons. The van der Waals surface area contributed by atoms with Gasteiger partial charge in [-0.15, -0.1) is 0 Å². The van der Waals surface area contributed by atoms with E-state index in [0.29, 0.717) is 12.8 Å². The number of aliphatic hydroxyl groups is 5. The van der Waals surface area contributed by atoms with Gasteiger partial charge in [0.2, 0.25) is 0 Å². The Hall–Kier alpha value is -0.750. The van der Waals surface area contributed by atoms with Crippen LogP contribution in [0.5, 0.6) is 0 Å². The SMILES string of the molecule is NCC1OC(OC2C(CO)OC(OC3C(O)C(N)CC(N)C3OC3OC(C(N)CF)CCC3N)C2O)C(N)C(O)C1O. The first-order chi connectivity index (χ1) is 19.9. The minimum Gasteiger partial charge on any atom is -0.394 e. The van der Waals surface area contributed by atoms with Gasteiger partial charge in [0.1, 0.15) is 55.5 Å². The summed E-state index contributed by atoms with van der Waals surface area (Å²) in [5.74, 6) is 0. The van der Waals surface area contributed by atoms with Gasteiger partial charge in [0.25, 0.3) is 0 Å². The molecular weight excluding hydrogens is 567 g/mol. The lowest BCUT2D eigenvalue weighted by Crippen LogP contribution is -2.65. The second-order valence-electron chi connectivity index (χ2n) is 11.5. The Morgan fingerprint density at radius 2 is 1.36 bits per heavy atom. The first-order valence-electron chi connectivity index (χ1n) is 14.2. The maximum absolute atomic E-state index is 13.2. The van der Waals surface area contributed by atoms with Crippen molar-refractivity contribution in [3.8, 4) is 0 Å². The second-order valence-corrected chi connectivity index (χ2v) is 11.5. The van der Waals surface area contributed by atoms with Gasteiger partial charge in [-0.1, -0.05) is 0 Å². The van der Waals surface area contributed by atoms with Crippen LogP contribution in [0, 0.1) is 0 Å². The minimum absolute atomic E-state index is 0.146. The molecule has 0 amide bonds. The molecule has 0 aromatic carbocycles. The molecule has 42 heavy (non-hydrogen) atoms. The third-order valence-electron chi connectivity index (χ3n) is 8.49. The van der Waals surface area contributed by atoms with E-state index in [1.54, 1.807) is 0 Å². The monoisotopic (exact) mass is 614 g/mol. The van der Waals surface area contributed by atoms with E-state index >= 15 is 0 Å². The van der Waals surface area contributed by atoms with Crippen molar-refractivity contribution in [3.05, 3.63) is 0 Å². The average molecular weight is 615 g/mol. The summed E-state index contributed by atoms with van der Waals surface area (Å²) in [6, 6.07) is -4.31. The Bertz CT molecular complexity index is 859. The molecule has 0 spiro atoms. The molecule has 4 fully saturated rings. The first kappa shape index (κ1) is 34.1. The van der Waals surface area contributed by atoms with E-state index < -0.39 is 123 Å². The van der Waals surface area contributed by atoms with Crippen molar-refractivity contribution in [3.63, 3.8) is 0 Å². The maximum Gasteiger partial charge on any atom is 0.187 e. The molecule has 3 aliphatic heterocycles. The summed E-state index contributed by atoms with van der Waals surface area (Å²) >= 11 is 0. The van der Waals surface area contributed by atoms with Crippen LogP contribution in [0.4, 0.5) is 4.39 Å². The van der Waals surface area contributed by atoms with E-state index in [2.05, 4.69) is 0 Å². The molecule has 1 saturated carbocycles. The van der Waals surface area contributed by atoms with Crippen LogP contribution in [0.1, 0.15) is 19.3 Å². The molecule has 4 aliphatic rings. The fourth-order valence-electron chi connectivity index (χ4n) is 5.85. The Morgan fingerprint density at radius 3 is 2.00 bits per heavy atom. The molecule has 4 rings (SSSR count). The smallest absolute Gasteiger partial charge is 0.187 e. The van der Waals surface area contributed by atoms with Gasteiger partial charge in [-0.3, -0.25) is 0 Å². The fraction of sp³-hybridized carbons (Fsp3) is 1.00. The van der Waals surface area contributed by atoms with Crippen LogP contribution in [0.15, 0.2) is 0 Å². The Kier molecular flexibility index (Phi) is 11.8. The Balaban J connectivity index is 1.48. The lowest BCUT2D eigenvalue weighted by atomic mass is 9.84. The van der Waals surface area contributed by atoms with Crippen LogP contribution in [0.2, 0.25) is 0 Å². The largest absolute Gasteiger partial charge is 0.394 e. The number of halogens is 1. The second kappa shape index (κ2) is 14.6. The van der Waals surface area contributed by atoms with Gasteiger partial charge in [-0.2, -0.15) is 0 Å². The number of aliphatic hydroxyl groups excluding tert-OH is 5. The van der Waals surface area contributed by atoms with Gasteiger partial charge in [0, 0.05) is 18.6 Å². The van der Waals surface area contributed by atoms with Crippen molar-refractivity contribution < 1.29 is 58.3 Å². The highest BCUT2D eigenvalue weighted by atomic mass is 19.1. The normalized spacial score (nSPS) is 51.0. The van der Waals surface area contributed by atoms with Gasteiger partial charge in [-0.05, 0) is 19.3 Å². The zero-order valence-electron chi connectivity index (χ0n) is 23.2. The van der Waals surface area contributed by atoms with E-state index in [0.717, 1.165) is 0 Å². The molecule has 246 valence electrons. The van der Waals surface area contributed by atoms with Gasteiger partial charge in [0.05, 0.1) is 36.9 Å². The number of hydrogen-bond acceptors (Lipinski definition) is 17. The number of nitrogens with two attached hydrogens (primary N) is 6. The summed E-state index contributed by atoms with van der Waals surface area (Å²) in [5.41, 5.74) is 36.1. The molecule has 0 aromatic rings. The maximum atomic E-state index is 13.2. The number of ether oxygens (including phenoxy) is 6. The lowest BCUT2D eigenvalue weighted by Gasteiger charge is -2.46. The zero-order chi connectivity index (χ0) is 30.9. The summed E-state index contributed by atoms with van der Waals surface area (Å²) in [6.45, 7) is -1.58. The summed E-state index contributed by atoms with van der Waals surface area (Å²) in [5, 5.41) is 52.5. The Labute approximate surface area is 242 Å². The lowest BCUT2D eigenvalue weighted by molar-refractivity contribution is -0.290. The van der Waals surface area contributed by atoms with Crippen molar-refractivity contribution in [1.82, 2.24) is 0 Å². The minimum atomic E-state index is -1.57. The van der Waals surface area contributed by atoms with Gasteiger partial charge in [-0.25, -0.2) is 4.39 Å². The molecule has 3 heterocycles. The standard InChI is InChI=1S/C24H47FN6O11/c25-4-10(30)11-2-1-7(27)22(37-11)40-19-9(29)3-8(28)15(33)21(19)42-24-18(36)20(13(6-32)39-24)41-23-14(31)17(35)16(34)12(5-26)38-23/h7-24,32-36H,1-6,26-31H2. The number of hydrogen-bond donors (Lipinski definition) is 11. The third kappa shape index (κ3) is 7.05. The summed E-state index contributed by atoms with van der Waals surface area (Å²) in [6.07, 6.45) is -15.0. The highest BCUT2D eigenvalue weighted by Gasteiger charge is 2.53. The molecule has 17 nitrogen and oxygen atoms in total. The fourth-order valence-corrected chi connectivity index (χ4v) is 5.85.